The Morgan fingerprint density at radius 1 is 1.11 bits per heavy atom. The SMILES string of the molecule is O=C(NCCCc1ccncc1)[C@@H]1CCC(=O)N(CCc2ccc(Cl)cc2)C1. The summed E-state index contributed by atoms with van der Waals surface area (Å²) in [5.74, 6) is 0.0678. The van der Waals surface area contributed by atoms with Crippen molar-refractivity contribution >= 4 is 23.4 Å². The zero-order valence-electron chi connectivity index (χ0n) is 15.9. The van der Waals surface area contributed by atoms with E-state index in [1.165, 1.54) is 5.56 Å². The van der Waals surface area contributed by atoms with Crippen LogP contribution in [0.5, 0.6) is 0 Å². The molecule has 2 amide bonds. The van der Waals surface area contributed by atoms with Gasteiger partial charge in [-0.05, 0) is 61.1 Å². The number of carbonyl (C=O) groups is 2. The van der Waals surface area contributed by atoms with Crippen LogP contribution in [0.3, 0.4) is 0 Å². The number of carbonyl (C=O) groups excluding carboxylic acids is 2. The van der Waals surface area contributed by atoms with Crippen molar-refractivity contribution in [1.29, 1.82) is 0 Å². The number of aryl methyl sites for hydroxylation is 1. The Bertz CT molecular complexity index is 780. The molecule has 1 aromatic heterocycles. The quantitative estimate of drug-likeness (QED) is 0.693. The predicted molar refractivity (Wildman–Crippen MR) is 110 cm³/mol. The Balaban J connectivity index is 1.41. The number of hydrogen-bond donors (Lipinski definition) is 1. The lowest BCUT2D eigenvalue weighted by Crippen LogP contribution is -2.46. The number of likely N-dealkylation sites (tertiary alicyclic amines) is 1. The molecule has 1 fully saturated rings. The molecule has 148 valence electrons. The van der Waals surface area contributed by atoms with E-state index in [-0.39, 0.29) is 17.7 Å². The predicted octanol–water partition coefficient (Wildman–Crippen LogP) is 3.27. The second-order valence-corrected chi connectivity index (χ2v) is 7.64. The largest absolute Gasteiger partial charge is 0.356 e. The van der Waals surface area contributed by atoms with Gasteiger partial charge in [0, 0.05) is 43.5 Å². The lowest BCUT2D eigenvalue weighted by molar-refractivity contribution is -0.138. The van der Waals surface area contributed by atoms with Crippen molar-refractivity contribution in [2.75, 3.05) is 19.6 Å². The maximum atomic E-state index is 12.5. The number of halogens is 1. The first-order valence-corrected chi connectivity index (χ1v) is 10.2. The number of benzene rings is 1. The fraction of sp³-hybridized carbons (Fsp3) is 0.409. The molecular formula is C22H26ClN3O2. The van der Waals surface area contributed by atoms with Gasteiger partial charge in [-0.3, -0.25) is 14.6 Å². The monoisotopic (exact) mass is 399 g/mol. The molecule has 2 aromatic rings. The third kappa shape index (κ3) is 6.06. The van der Waals surface area contributed by atoms with Crippen molar-refractivity contribution in [2.24, 2.45) is 5.92 Å². The standard InChI is InChI=1S/C22H26ClN3O2/c23-20-6-3-18(4-7-20)11-15-26-16-19(5-8-21(26)27)22(28)25-12-1-2-17-9-13-24-14-10-17/h3-4,6-7,9-10,13-14,19H,1-2,5,8,11-12,15-16H2,(H,25,28)/t19-/m1/s1. The molecule has 1 aliphatic heterocycles. The van der Waals surface area contributed by atoms with Crippen LogP contribution in [0.25, 0.3) is 0 Å². The summed E-state index contributed by atoms with van der Waals surface area (Å²) < 4.78 is 0. The number of pyridine rings is 1. The molecule has 0 unspecified atom stereocenters. The first-order valence-electron chi connectivity index (χ1n) is 9.80. The summed E-state index contributed by atoms with van der Waals surface area (Å²) >= 11 is 5.91. The van der Waals surface area contributed by atoms with Gasteiger partial charge in [0.25, 0.3) is 0 Å². The van der Waals surface area contributed by atoms with Crippen molar-refractivity contribution in [3.05, 3.63) is 64.9 Å². The third-order valence-electron chi connectivity index (χ3n) is 5.15. The van der Waals surface area contributed by atoms with Crippen LogP contribution in [0.1, 0.15) is 30.4 Å². The Hall–Kier alpha value is -2.40. The summed E-state index contributed by atoms with van der Waals surface area (Å²) in [5.41, 5.74) is 2.36. The zero-order chi connectivity index (χ0) is 19.8. The first kappa shape index (κ1) is 20.3. The molecular weight excluding hydrogens is 374 g/mol. The molecule has 0 aliphatic carbocycles. The number of hydrogen-bond acceptors (Lipinski definition) is 3. The van der Waals surface area contributed by atoms with E-state index < -0.39 is 0 Å². The summed E-state index contributed by atoms with van der Waals surface area (Å²) in [6.07, 6.45) is 7.21. The lowest BCUT2D eigenvalue weighted by Gasteiger charge is -2.32. The fourth-order valence-electron chi connectivity index (χ4n) is 3.46. The normalized spacial score (nSPS) is 16.8. The van der Waals surface area contributed by atoms with Gasteiger partial charge in [-0.1, -0.05) is 23.7 Å². The van der Waals surface area contributed by atoms with Crippen LogP contribution in [-0.2, 0) is 22.4 Å². The van der Waals surface area contributed by atoms with Crippen LogP contribution in [0, 0.1) is 5.92 Å². The van der Waals surface area contributed by atoms with E-state index in [9.17, 15) is 9.59 Å². The number of aromatic nitrogens is 1. The van der Waals surface area contributed by atoms with Gasteiger partial charge in [-0.15, -0.1) is 0 Å². The molecule has 0 radical (unpaired) electrons. The van der Waals surface area contributed by atoms with Gasteiger partial charge in [-0.25, -0.2) is 0 Å². The van der Waals surface area contributed by atoms with Crippen molar-refractivity contribution < 1.29 is 9.59 Å². The van der Waals surface area contributed by atoms with Crippen LogP contribution in [0.4, 0.5) is 0 Å². The molecule has 2 heterocycles. The van der Waals surface area contributed by atoms with Crippen molar-refractivity contribution in [3.8, 4) is 0 Å². The van der Waals surface area contributed by atoms with E-state index in [0.717, 1.165) is 24.8 Å². The van der Waals surface area contributed by atoms with E-state index in [0.29, 0.717) is 37.5 Å². The van der Waals surface area contributed by atoms with Gasteiger partial charge in [0.2, 0.25) is 11.8 Å². The second-order valence-electron chi connectivity index (χ2n) is 7.20. The smallest absolute Gasteiger partial charge is 0.224 e. The van der Waals surface area contributed by atoms with Gasteiger partial charge in [0.15, 0.2) is 0 Å². The van der Waals surface area contributed by atoms with E-state index in [4.69, 9.17) is 11.6 Å². The van der Waals surface area contributed by atoms with Crippen molar-refractivity contribution in [3.63, 3.8) is 0 Å². The van der Waals surface area contributed by atoms with E-state index in [1.807, 2.05) is 41.3 Å². The highest BCUT2D eigenvalue weighted by Gasteiger charge is 2.29. The summed E-state index contributed by atoms with van der Waals surface area (Å²) in [7, 11) is 0. The number of nitrogens with one attached hydrogen (secondary N) is 1. The summed E-state index contributed by atoms with van der Waals surface area (Å²) in [4.78, 5) is 30.5. The molecule has 0 spiro atoms. The van der Waals surface area contributed by atoms with Gasteiger partial charge >= 0.3 is 0 Å². The van der Waals surface area contributed by atoms with E-state index in [2.05, 4.69) is 10.3 Å². The molecule has 28 heavy (non-hydrogen) atoms. The summed E-state index contributed by atoms with van der Waals surface area (Å²) in [5, 5.41) is 3.74. The average molecular weight is 400 g/mol. The minimum absolute atomic E-state index is 0.0544. The lowest BCUT2D eigenvalue weighted by atomic mass is 9.96. The van der Waals surface area contributed by atoms with Crippen LogP contribution in [0.2, 0.25) is 5.02 Å². The second kappa shape index (κ2) is 10.2. The van der Waals surface area contributed by atoms with Crippen LogP contribution in [0.15, 0.2) is 48.8 Å². The highest BCUT2D eigenvalue weighted by molar-refractivity contribution is 6.30. The topological polar surface area (TPSA) is 62.3 Å². The zero-order valence-corrected chi connectivity index (χ0v) is 16.7. The highest BCUT2D eigenvalue weighted by atomic mass is 35.5. The van der Waals surface area contributed by atoms with Crippen LogP contribution >= 0.6 is 11.6 Å². The maximum Gasteiger partial charge on any atom is 0.224 e. The summed E-state index contributed by atoms with van der Waals surface area (Å²) in [6, 6.07) is 11.7. The minimum Gasteiger partial charge on any atom is -0.356 e. The van der Waals surface area contributed by atoms with Gasteiger partial charge in [0.1, 0.15) is 0 Å². The molecule has 3 rings (SSSR count). The maximum absolute atomic E-state index is 12.5. The van der Waals surface area contributed by atoms with E-state index >= 15 is 0 Å². The Morgan fingerprint density at radius 2 is 1.82 bits per heavy atom. The van der Waals surface area contributed by atoms with Gasteiger partial charge in [0.05, 0.1) is 5.92 Å². The fourth-order valence-corrected chi connectivity index (χ4v) is 3.58. The number of nitrogens with zero attached hydrogens (tertiary/aromatic N) is 2. The molecule has 1 aliphatic rings. The molecule has 0 bridgehead atoms. The molecule has 1 N–H and O–H groups in total. The first-order chi connectivity index (χ1) is 13.6. The van der Waals surface area contributed by atoms with Crippen molar-refractivity contribution in [1.82, 2.24) is 15.2 Å². The van der Waals surface area contributed by atoms with Crippen LogP contribution in [-0.4, -0.2) is 41.3 Å². The molecule has 6 heteroatoms. The van der Waals surface area contributed by atoms with Gasteiger partial charge < -0.3 is 10.2 Å². The van der Waals surface area contributed by atoms with E-state index in [1.54, 1.807) is 12.4 Å². The summed E-state index contributed by atoms with van der Waals surface area (Å²) in [6.45, 7) is 1.78. The number of rotatable bonds is 8. The number of piperidine rings is 1. The van der Waals surface area contributed by atoms with Crippen LogP contribution < -0.4 is 5.32 Å². The Kier molecular flexibility index (Phi) is 7.43. The Morgan fingerprint density at radius 3 is 2.57 bits per heavy atom. The molecule has 0 saturated carbocycles. The average Bonchev–Trinajstić information content (AvgIpc) is 2.72. The number of amides is 2. The molecule has 1 atom stereocenters. The van der Waals surface area contributed by atoms with Crippen molar-refractivity contribution in [2.45, 2.75) is 32.1 Å². The molecule has 1 aromatic carbocycles. The Labute approximate surface area is 171 Å². The van der Waals surface area contributed by atoms with Gasteiger partial charge in [-0.2, -0.15) is 0 Å². The molecule has 1 saturated heterocycles. The highest BCUT2D eigenvalue weighted by Crippen LogP contribution is 2.19. The minimum atomic E-state index is -0.121. The molecule has 5 nitrogen and oxygen atoms in total. The third-order valence-corrected chi connectivity index (χ3v) is 5.40.